The number of hydrogen-bond donors (Lipinski definition) is 3. The molecule has 1 aromatic carbocycles. The molecule has 0 saturated heterocycles. The van der Waals surface area contributed by atoms with E-state index in [1.165, 1.54) is 12.1 Å². The van der Waals surface area contributed by atoms with Crippen LogP contribution in [-0.4, -0.2) is 13.0 Å². The van der Waals surface area contributed by atoms with Crippen molar-refractivity contribution in [3.63, 3.8) is 0 Å². The highest BCUT2D eigenvalue weighted by molar-refractivity contribution is 5.92. The predicted molar refractivity (Wildman–Crippen MR) is 50.7 cm³/mol. The van der Waals surface area contributed by atoms with E-state index in [0.717, 1.165) is 5.69 Å². The molecule has 0 atom stereocenters. The number of nitrogens with two attached hydrogens (primary N) is 1. The normalized spacial score (nSPS) is 11.2. The van der Waals surface area contributed by atoms with Crippen LogP contribution in [0.15, 0.2) is 29.3 Å². The molecule has 1 rings (SSSR count). The van der Waals surface area contributed by atoms with Crippen LogP contribution in [0.2, 0.25) is 0 Å². The smallest absolute Gasteiger partial charge is 0.209 e. The third-order valence-corrected chi connectivity index (χ3v) is 1.47. The molecule has 0 fully saturated rings. The lowest BCUT2D eigenvalue weighted by atomic mass is 10.3. The van der Waals surface area contributed by atoms with Crippen LogP contribution in [0, 0.1) is 5.82 Å². The Hall–Kier alpha value is -1.62. The Kier molecular flexibility index (Phi) is 3.22. The van der Waals surface area contributed by atoms with Gasteiger partial charge in [0.15, 0.2) is 0 Å². The molecule has 0 aliphatic heterocycles. The molecule has 5 heteroatoms. The van der Waals surface area contributed by atoms with Crippen molar-refractivity contribution in [1.29, 1.82) is 0 Å². The van der Waals surface area contributed by atoms with Crippen molar-refractivity contribution in [2.24, 2.45) is 10.8 Å². The summed E-state index contributed by atoms with van der Waals surface area (Å²) in [6, 6.07) is 5.90. The maximum Gasteiger partial charge on any atom is 0.209 e. The lowest BCUT2D eigenvalue weighted by Gasteiger charge is -2.07. The van der Waals surface area contributed by atoms with Crippen molar-refractivity contribution in [2.45, 2.75) is 0 Å². The number of nitrogens with one attached hydrogen (secondary N) is 2. The minimum absolute atomic E-state index is 0.277. The van der Waals surface area contributed by atoms with E-state index in [1.807, 2.05) is 0 Å². The van der Waals surface area contributed by atoms with E-state index in [4.69, 9.17) is 5.84 Å². The third-order valence-electron chi connectivity index (χ3n) is 1.47. The molecular weight excluding hydrogens is 171 g/mol. The second kappa shape index (κ2) is 4.42. The van der Waals surface area contributed by atoms with E-state index >= 15 is 0 Å². The summed E-state index contributed by atoms with van der Waals surface area (Å²) in [6.45, 7) is 0. The fourth-order valence-electron chi connectivity index (χ4n) is 0.826. The van der Waals surface area contributed by atoms with Crippen LogP contribution in [0.25, 0.3) is 0 Å². The molecule has 0 radical (unpaired) electrons. The molecule has 0 aliphatic carbocycles. The van der Waals surface area contributed by atoms with Gasteiger partial charge >= 0.3 is 0 Å². The number of aliphatic imine (C=N–C) groups is 1. The molecule has 13 heavy (non-hydrogen) atoms. The highest BCUT2D eigenvalue weighted by atomic mass is 19.1. The molecule has 0 spiro atoms. The summed E-state index contributed by atoms with van der Waals surface area (Å²) in [5.74, 6) is 5.29. The van der Waals surface area contributed by atoms with Gasteiger partial charge in [-0.05, 0) is 24.3 Å². The van der Waals surface area contributed by atoms with E-state index in [1.54, 1.807) is 19.2 Å². The van der Waals surface area contributed by atoms with Crippen LogP contribution >= 0.6 is 0 Å². The first kappa shape index (κ1) is 9.47. The van der Waals surface area contributed by atoms with Crippen molar-refractivity contribution < 1.29 is 4.39 Å². The first-order chi connectivity index (χ1) is 6.26. The number of nitrogens with zero attached hydrogens (tertiary/aromatic N) is 1. The lowest BCUT2D eigenvalue weighted by molar-refractivity contribution is 0.628. The fourth-order valence-corrected chi connectivity index (χ4v) is 0.826. The monoisotopic (exact) mass is 182 g/mol. The first-order valence-electron chi connectivity index (χ1n) is 3.72. The van der Waals surface area contributed by atoms with Crippen LogP contribution in [0.4, 0.5) is 10.1 Å². The average molecular weight is 182 g/mol. The Balaban J connectivity index is 2.69. The first-order valence-corrected chi connectivity index (χ1v) is 3.72. The van der Waals surface area contributed by atoms with Crippen LogP contribution in [-0.2, 0) is 0 Å². The Labute approximate surface area is 75.6 Å². The van der Waals surface area contributed by atoms with Crippen molar-refractivity contribution in [3.8, 4) is 0 Å². The third kappa shape index (κ3) is 2.72. The van der Waals surface area contributed by atoms with Crippen LogP contribution in [0.5, 0.6) is 0 Å². The van der Waals surface area contributed by atoms with Gasteiger partial charge < -0.3 is 5.32 Å². The highest BCUT2D eigenvalue weighted by Gasteiger charge is 1.95. The Morgan fingerprint density at radius 3 is 2.46 bits per heavy atom. The lowest BCUT2D eigenvalue weighted by Crippen LogP contribution is -2.36. The summed E-state index contributed by atoms with van der Waals surface area (Å²) in [7, 11) is 1.59. The van der Waals surface area contributed by atoms with Crippen LogP contribution in [0.1, 0.15) is 0 Å². The Bertz CT molecular complexity index is 294. The largest absolute Gasteiger partial charge is 0.325 e. The average Bonchev–Trinajstić information content (AvgIpc) is 2.17. The summed E-state index contributed by atoms with van der Waals surface area (Å²) in [5, 5.41) is 2.85. The zero-order valence-corrected chi connectivity index (χ0v) is 7.21. The van der Waals surface area contributed by atoms with Gasteiger partial charge in [-0.2, -0.15) is 0 Å². The summed E-state index contributed by atoms with van der Waals surface area (Å²) >= 11 is 0. The van der Waals surface area contributed by atoms with Crippen LogP contribution in [0.3, 0.4) is 0 Å². The quantitative estimate of drug-likeness (QED) is 0.259. The van der Waals surface area contributed by atoms with Gasteiger partial charge in [0.05, 0.1) is 0 Å². The van der Waals surface area contributed by atoms with E-state index in [0.29, 0.717) is 5.96 Å². The maximum atomic E-state index is 12.5. The summed E-state index contributed by atoms with van der Waals surface area (Å²) in [5.41, 5.74) is 3.08. The number of halogens is 1. The molecule has 1 aromatic rings. The zero-order valence-electron chi connectivity index (χ0n) is 7.21. The van der Waals surface area contributed by atoms with Crippen molar-refractivity contribution in [3.05, 3.63) is 30.1 Å². The van der Waals surface area contributed by atoms with Gasteiger partial charge in [0, 0.05) is 12.7 Å². The van der Waals surface area contributed by atoms with Gasteiger partial charge in [-0.3, -0.25) is 10.4 Å². The molecule has 0 aliphatic rings. The number of guanidine groups is 1. The topological polar surface area (TPSA) is 62.4 Å². The Morgan fingerprint density at radius 1 is 1.38 bits per heavy atom. The summed E-state index contributed by atoms with van der Waals surface area (Å²) in [6.07, 6.45) is 0. The number of benzene rings is 1. The van der Waals surface area contributed by atoms with Crippen molar-refractivity contribution >= 4 is 11.6 Å². The van der Waals surface area contributed by atoms with E-state index < -0.39 is 0 Å². The van der Waals surface area contributed by atoms with E-state index in [2.05, 4.69) is 15.7 Å². The molecule has 0 amide bonds. The molecule has 0 saturated carbocycles. The fraction of sp³-hybridized carbons (Fsp3) is 0.125. The van der Waals surface area contributed by atoms with Crippen molar-refractivity contribution in [2.75, 3.05) is 12.4 Å². The molecule has 0 heterocycles. The molecular formula is C8H11FN4. The maximum absolute atomic E-state index is 12.5. The second-order valence-corrected chi connectivity index (χ2v) is 2.35. The minimum atomic E-state index is -0.277. The number of rotatable bonds is 1. The zero-order chi connectivity index (χ0) is 9.68. The number of anilines is 1. The number of hydrazine groups is 1. The summed E-state index contributed by atoms with van der Waals surface area (Å²) in [4.78, 5) is 3.80. The highest BCUT2D eigenvalue weighted by Crippen LogP contribution is 2.07. The van der Waals surface area contributed by atoms with E-state index in [9.17, 15) is 4.39 Å². The van der Waals surface area contributed by atoms with Gasteiger partial charge in [-0.25, -0.2) is 10.2 Å². The number of hydrogen-bond acceptors (Lipinski definition) is 2. The van der Waals surface area contributed by atoms with Crippen LogP contribution < -0.4 is 16.6 Å². The Morgan fingerprint density at radius 2 is 2.00 bits per heavy atom. The van der Waals surface area contributed by atoms with E-state index in [-0.39, 0.29) is 5.82 Å². The van der Waals surface area contributed by atoms with Gasteiger partial charge in [0.1, 0.15) is 5.82 Å². The predicted octanol–water partition coefficient (Wildman–Crippen LogP) is 0.687. The van der Waals surface area contributed by atoms with Gasteiger partial charge in [0.25, 0.3) is 0 Å². The van der Waals surface area contributed by atoms with Gasteiger partial charge in [-0.15, -0.1) is 0 Å². The van der Waals surface area contributed by atoms with Crippen molar-refractivity contribution in [1.82, 2.24) is 5.43 Å². The van der Waals surface area contributed by atoms with Gasteiger partial charge in [-0.1, -0.05) is 0 Å². The summed E-state index contributed by atoms with van der Waals surface area (Å²) < 4.78 is 12.5. The SMILES string of the molecule is CN=C(NN)Nc1ccc(F)cc1. The molecule has 0 bridgehead atoms. The molecule has 4 nitrogen and oxygen atoms in total. The molecule has 0 aromatic heterocycles. The molecule has 0 unspecified atom stereocenters. The minimum Gasteiger partial charge on any atom is -0.325 e. The second-order valence-electron chi connectivity index (χ2n) is 2.35. The van der Waals surface area contributed by atoms with Gasteiger partial charge in [0.2, 0.25) is 5.96 Å². The molecule has 4 N–H and O–H groups in total. The molecule has 70 valence electrons. The standard InChI is InChI=1S/C8H11FN4/c1-11-8(13-10)12-7-4-2-6(9)3-5-7/h2-5H,10H2,1H3,(H2,11,12,13).